The van der Waals surface area contributed by atoms with E-state index in [2.05, 4.69) is 20.8 Å². The van der Waals surface area contributed by atoms with Crippen molar-refractivity contribution in [2.45, 2.75) is 38.1 Å². The summed E-state index contributed by atoms with van der Waals surface area (Å²) in [7, 11) is 0. The largest absolute Gasteiger partial charge is 0.344 e. The van der Waals surface area contributed by atoms with Crippen LogP contribution in [0.3, 0.4) is 0 Å². The smallest absolute Gasteiger partial charge is 0.249 e. The number of nitrogens with zero attached hydrogens (tertiary/aromatic N) is 2. The minimum atomic E-state index is -0.714. The van der Waals surface area contributed by atoms with Gasteiger partial charge in [0.15, 0.2) is 0 Å². The molecule has 1 fully saturated rings. The van der Waals surface area contributed by atoms with Crippen LogP contribution in [-0.4, -0.2) is 28.1 Å². The van der Waals surface area contributed by atoms with Gasteiger partial charge < -0.3 is 5.32 Å². The van der Waals surface area contributed by atoms with Crippen molar-refractivity contribution in [3.05, 3.63) is 66.0 Å². The number of amides is 2. The van der Waals surface area contributed by atoms with Crippen LogP contribution in [0, 0.1) is 11.7 Å². The van der Waals surface area contributed by atoms with Gasteiger partial charge in [-0.2, -0.15) is 0 Å². The highest BCUT2D eigenvalue weighted by Gasteiger charge is 2.28. The predicted octanol–water partition coefficient (Wildman–Crippen LogP) is 4.20. The molecule has 8 heteroatoms. The molecular weight excluding hydrogens is 415 g/mol. The number of carbonyl (C=O) groups excluding carboxylic acids is 2. The van der Waals surface area contributed by atoms with Gasteiger partial charge >= 0.3 is 0 Å². The summed E-state index contributed by atoms with van der Waals surface area (Å²) in [6.07, 6.45) is 4.20. The second kappa shape index (κ2) is 9.78. The molecule has 1 aromatic heterocycles. The molecule has 0 bridgehead atoms. The van der Waals surface area contributed by atoms with Gasteiger partial charge in [-0.3, -0.25) is 14.9 Å². The first-order valence-electron chi connectivity index (χ1n) is 10.3. The number of benzene rings is 2. The van der Waals surface area contributed by atoms with Gasteiger partial charge in [0, 0.05) is 17.9 Å². The zero-order chi connectivity index (χ0) is 21.6. The summed E-state index contributed by atoms with van der Waals surface area (Å²) >= 11 is 1.20. The first-order chi connectivity index (χ1) is 15.1. The van der Waals surface area contributed by atoms with E-state index in [-0.39, 0.29) is 23.5 Å². The zero-order valence-electron chi connectivity index (χ0n) is 16.9. The molecule has 2 aromatic carbocycles. The Hall–Kier alpha value is -3.13. The van der Waals surface area contributed by atoms with Crippen LogP contribution in [-0.2, 0) is 16.0 Å². The summed E-state index contributed by atoms with van der Waals surface area (Å²) in [5, 5.41) is 14.7. The fourth-order valence-electron chi connectivity index (χ4n) is 3.71. The minimum Gasteiger partial charge on any atom is -0.344 e. The molecule has 160 valence electrons. The molecule has 1 saturated carbocycles. The normalized spacial score (nSPS) is 14.9. The van der Waals surface area contributed by atoms with Gasteiger partial charge in [0.25, 0.3) is 0 Å². The zero-order valence-corrected chi connectivity index (χ0v) is 17.7. The number of halogens is 1. The average Bonchev–Trinajstić information content (AvgIpc) is 3.47. The lowest BCUT2D eigenvalue weighted by Gasteiger charge is -2.20. The van der Waals surface area contributed by atoms with Crippen LogP contribution >= 0.6 is 11.3 Å². The Bertz CT molecular complexity index is 1030. The summed E-state index contributed by atoms with van der Waals surface area (Å²) in [6, 6.07) is 14.8. The molecule has 2 amide bonds. The molecule has 0 spiro atoms. The molecule has 0 saturated heterocycles. The maximum atomic E-state index is 13.1. The Morgan fingerprint density at radius 3 is 2.45 bits per heavy atom. The topological polar surface area (TPSA) is 84.0 Å². The van der Waals surface area contributed by atoms with E-state index in [1.807, 2.05) is 30.3 Å². The Morgan fingerprint density at radius 1 is 1.03 bits per heavy atom. The van der Waals surface area contributed by atoms with E-state index in [4.69, 9.17) is 0 Å². The molecule has 6 nitrogen and oxygen atoms in total. The predicted molar refractivity (Wildman–Crippen MR) is 118 cm³/mol. The summed E-state index contributed by atoms with van der Waals surface area (Å²) in [5.41, 5.74) is 1.67. The average molecular weight is 439 g/mol. The number of carbonyl (C=O) groups is 2. The first kappa shape index (κ1) is 21.1. The minimum absolute atomic E-state index is 0.0299. The van der Waals surface area contributed by atoms with Gasteiger partial charge in [-0.25, -0.2) is 4.39 Å². The van der Waals surface area contributed by atoms with Crippen molar-refractivity contribution < 1.29 is 14.0 Å². The molecule has 4 rings (SSSR count). The third-order valence-electron chi connectivity index (χ3n) is 5.39. The second-order valence-corrected chi connectivity index (χ2v) is 8.62. The highest BCUT2D eigenvalue weighted by molar-refractivity contribution is 7.18. The monoisotopic (exact) mass is 438 g/mol. The highest BCUT2D eigenvalue weighted by Crippen LogP contribution is 2.27. The fraction of sp³-hybridized carbons (Fsp3) is 0.304. The van der Waals surface area contributed by atoms with Crippen LogP contribution in [0.2, 0.25) is 0 Å². The number of hydrogen-bond donors (Lipinski definition) is 2. The lowest BCUT2D eigenvalue weighted by atomic mass is 10.0. The van der Waals surface area contributed by atoms with Crippen molar-refractivity contribution in [2.24, 2.45) is 5.92 Å². The van der Waals surface area contributed by atoms with Crippen molar-refractivity contribution in [3.8, 4) is 10.6 Å². The second-order valence-electron chi connectivity index (χ2n) is 7.64. The molecule has 3 aromatic rings. The van der Waals surface area contributed by atoms with Crippen molar-refractivity contribution in [1.82, 2.24) is 15.5 Å². The molecule has 1 unspecified atom stereocenters. The van der Waals surface area contributed by atoms with E-state index in [0.29, 0.717) is 16.6 Å². The van der Waals surface area contributed by atoms with Crippen LogP contribution in [0.1, 0.15) is 31.2 Å². The van der Waals surface area contributed by atoms with E-state index < -0.39 is 6.04 Å². The number of anilines is 1. The number of aromatic nitrogens is 2. The number of nitrogens with one attached hydrogen (secondary N) is 2. The van der Waals surface area contributed by atoms with Crippen LogP contribution in [0.15, 0.2) is 54.6 Å². The molecular formula is C23H23FN4O2S. The van der Waals surface area contributed by atoms with Crippen LogP contribution < -0.4 is 10.6 Å². The van der Waals surface area contributed by atoms with Gasteiger partial charge in [-0.1, -0.05) is 54.5 Å². The van der Waals surface area contributed by atoms with Crippen molar-refractivity contribution in [2.75, 3.05) is 5.32 Å². The molecule has 1 atom stereocenters. The Labute approximate surface area is 183 Å². The first-order valence-corrected chi connectivity index (χ1v) is 11.1. The Kier molecular flexibility index (Phi) is 6.66. The maximum Gasteiger partial charge on any atom is 0.249 e. The van der Waals surface area contributed by atoms with E-state index >= 15 is 0 Å². The molecule has 0 aliphatic heterocycles. The summed E-state index contributed by atoms with van der Waals surface area (Å²) in [6.45, 7) is 0. The number of hydrogen-bond acceptors (Lipinski definition) is 5. The molecule has 1 heterocycles. The van der Waals surface area contributed by atoms with E-state index in [9.17, 15) is 14.0 Å². The van der Waals surface area contributed by atoms with Gasteiger partial charge in [0.2, 0.25) is 16.9 Å². The van der Waals surface area contributed by atoms with E-state index in [1.165, 1.54) is 23.5 Å². The summed E-state index contributed by atoms with van der Waals surface area (Å²) in [4.78, 5) is 25.7. The Balaban J connectivity index is 1.47. The third kappa shape index (κ3) is 5.52. The molecule has 2 N–H and O–H groups in total. The van der Waals surface area contributed by atoms with Crippen molar-refractivity contribution in [3.63, 3.8) is 0 Å². The fourth-order valence-corrected chi connectivity index (χ4v) is 4.46. The summed E-state index contributed by atoms with van der Waals surface area (Å²) < 4.78 is 13.1. The molecule has 1 aliphatic carbocycles. The highest BCUT2D eigenvalue weighted by atomic mass is 32.1. The Morgan fingerprint density at radius 2 is 1.74 bits per heavy atom. The van der Waals surface area contributed by atoms with Crippen molar-refractivity contribution >= 4 is 28.3 Å². The number of rotatable bonds is 7. The third-order valence-corrected chi connectivity index (χ3v) is 6.28. The van der Waals surface area contributed by atoms with Gasteiger partial charge in [0.1, 0.15) is 16.9 Å². The van der Waals surface area contributed by atoms with Gasteiger partial charge in [-0.05, 0) is 42.7 Å². The van der Waals surface area contributed by atoms with Gasteiger partial charge in [-0.15, -0.1) is 10.2 Å². The molecule has 1 aliphatic rings. The molecule has 0 radical (unpaired) electrons. The quantitative estimate of drug-likeness (QED) is 0.579. The van der Waals surface area contributed by atoms with Crippen LogP contribution in [0.4, 0.5) is 9.52 Å². The van der Waals surface area contributed by atoms with Gasteiger partial charge in [0.05, 0.1) is 0 Å². The van der Waals surface area contributed by atoms with E-state index in [1.54, 1.807) is 12.1 Å². The lowest BCUT2D eigenvalue weighted by Crippen LogP contribution is -2.47. The van der Waals surface area contributed by atoms with Crippen molar-refractivity contribution in [1.29, 1.82) is 0 Å². The maximum absolute atomic E-state index is 13.1. The summed E-state index contributed by atoms with van der Waals surface area (Å²) in [5.74, 6) is -0.768. The van der Waals surface area contributed by atoms with E-state index in [0.717, 1.165) is 36.8 Å². The van der Waals surface area contributed by atoms with Crippen LogP contribution in [0.5, 0.6) is 0 Å². The lowest BCUT2D eigenvalue weighted by molar-refractivity contribution is -0.129. The standard InChI is InChI=1S/C23H23FN4O2S/c24-18-12-10-17(11-13-18)22-27-28-23(31-22)26-21(30)19(14-15-6-2-1-3-7-15)25-20(29)16-8-4-5-9-16/h1-3,6-7,10-13,16,19H,4-5,8-9,14H2,(H,25,29)(H,26,28,30). The SMILES string of the molecule is O=C(NC(Cc1ccccc1)C(=O)Nc1nnc(-c2ccc(F)cc2)s1)C1CCCC1. The molecule has 31 heavy (non-hydrogen) atoms. The van der Waals surface area contributed by atoms with Crippen LogP contribution in [0.25, 0.3) is 10.6 Å².